The first-order valence-corrected chi connectivity index (χ1v) is 8.07. The van der Waals surface area contributed by atoms with Crippen molar-refractivity contribution in [1.82, 2.24) is 0 Å². The molecule has 0 amide bonds. The Balaban J connectivity index is 2.19. The molecule has 1 aliphatic rings. The third-order valence-electron chi connectivity index (χ3n) is 4.01. The van der Waals surface area contributed by atoms with Gasteiger partial charge in [-0.2, -0.15) is 0 Å². The van der Waals surface area contributed by atoms with Crippen LogP contribution in [0.15, 0.2) is 16.6 Å². The Morgan fingerprint density at radius 3 is 2.63 bits per heavy atom. The Kier molecular flexibility index (Phi) is 5.13. The molecule has 1 aliphatic carbocycles. The predicted molar refractivity (Wildman–Crippen MR) is 83.3 cm³/mol. The van der Waals surface area contributed by atoms with Crippen LogP contribution in [0, 0.1) is 17.7 Å². The summed E-state index contributed by atoms with van der Waals surface area (Å²) in [6.07, 6.45) is 4.96. The molecule has 2 atom stereocenters. The minimum absolute atomic E-state index is 0.313. The molecule has 0 radical (unpaired) electrons. The topological polar surface area (TPSA) is 12.0 Å². The van der Waals surface area contributed by atoms with Gasteiger partial charge in [-0.3, -0.25) is 0 Å². The van der Waals surface area contributed by atoms with E-state index in [1.807, 2.05) is 0 Å². The zero-order valence-corrected chi connectivity index (χ0v) is 13.7. The van der Waals surface area contributed by atoms with Crippen LogP contribution in [0.5, 0.6) is 0 Å². The molecule has 1 fully saturated rings. The van der Waals surface area contributed by atoms with Crippen molar-refractivity contribution in [1.29, 1.82) is 0 Å². The zero-order valence-electron chi connectivity index (χ0n) is 11.3. The van der Waals surface area contributed by atoms with E-state index >= 15 is 0 Å². The lowest BCUT2D eigenvalue weighted by Gasteiger charge is -2.36. The smallest absolute Gasteiger partial charge is 0.125 e. The van der Waals surface area contributed by atoms with Crippen molar-refractivity contribution in [3.05, 3.63) is 27.4 Å². The van der Waals surface area contributed by atoms with Crippen LogP contribution in [0.1, 0.15) is 39.5 Å². The van der Waals surface area contributed by atoms with Crippen LogP contribution in [0.4, 0.5) is 10.1 Å². The van der Waals surface area contributed by atoms with Crippen molar-refractivity contribution < 1.29 is 4.39 Å². The van der Waals surface area contributed by atoms with Crippen LogP contribution in [0.25, 0.3) is 0 Å². The van der Waals surface area contributed by atoms with Crippen LogP contribution in [-0.4, -0.2) is 6.04 Å². The SMILES string of the molecule is CC(C)C1CCCCC1Nc1c(Cl)cc(F)cc1Br. The molecular formula is C15H20BrClFN. The fourth-order valence-corrected chi connectivity index (χ4v) is 3.92. The maximum Gasteiger partial charge on any atom is 0.125 e. The molecule has 0 aromatic heterocycles. The van der Waals surface area contributed by atoms with Gasteiger partial charge in [0.05, 0.1) is 10.7 Å². The summed E-state index contributed by atoms with van der Waals surface area (Å²) in [6.45, 7) is 4.54. The molecule has 2 rings (SSSR count). The largest absolute Gasteiger partial charge is 0.380 e. The molecule has 0 bridgehead atoms. The second-order valence-corrected chi connectivity index (χ2v) is 6.95. The summed E-state index contributed by atoms with van der Waals surface area (Å²) < 4.78 is 13.9. The third-order valence-corrected chi connectivity index (χ3v) is 4.94. The van der Waals surface area contributed by atoms with Gasteiger partial charge in [-0.25, -0.2) is 4.39 Å². The van der Waals surface area contributed by atoms with Crippen molar-refractivity contribution in [2.24, 2.45) is 11.8 Å². The molecule has 1 aromatic carbocycles. The lowest BCUT2D eigenvalue weighted by Crippen LogP contribution is -2.35. The summed E-state index contributed by atoms with van der Waals surface area (Å²) >= 11 is 9.54. The number of anilines is 1. The van der Waals surface area contributed by atoms with Gasteiger partial charge in [0.25, 0.3) is 0 Å². The number of benzene rings is 1. The Morgan fingerprint density at radius 2 is 2.00 bits per heavy atom. The molecule has 0 saturated heterocycles. The average Bonchev–Trinajstić information content (AvgIpc) is 2.34. The van der Waals surface area contributed by atoms with Gasteiger partial charge in [0, 0.05) is 10.5 Å². The standard InChI is InChI=1S/C15H20BrClFN/c1-9(2)11-5-3-4-6-14(11)19-15-12(16)7-10(18)8-13(15)17/h7-9,11,14,19H,3-6H2,1-2H3. The van der Waals surface area contributed by atoms with Crippen LogP contribution in [-0.2, 0) is 0 Å². The predicted octanol–water partition coefficient (Wildman–Crippen LogP) is 5.87. The van der Waals surface area contributed by atoms with Gasteiger partial charge in [-0.1, -0.05) is 38.3 Å². The van der Waals surface area contributed by atoms with E-state index in [2.05, 4.69) is 35.1 Å². The molecule has 19 heavy (non-hydrogen) atoms. The summed E-state index contributed by atoms with van der Waals surface area (Å²) in [5, 5.41) is 3.97. The first-order chi connectivity index (χ1) is 8.99. The number of rotatable bonds is 3. The molecule has 106 valence electrons. The summed E-state index contributed by atoms with van der Waals surface area (Å²) in [4.78, 5) is 0. The minimum atomic E-state index is -0.313. The summed E-state index contributed by atoms with van der Waals surface area (Å²) in [6, 6.07) is 3.25. The normalized spacial score (nSPS) is 23.7. The van der Waals surface area contributed by atoms with E-state index in [0.29, 0.717) is 27.4 Å². The first kappa shape index (κ1) is 15.1. The first-order valence-electron chi connectivity index (χ1n) is 6.90. The van der Waals surface area contributed by atoms with Gasteiger partial charge in [0.1, 0.15) is 5.82 Å². The number of hydrogen-bond donors (Lipinski definition) is 1. The minimum Gasteiger partial charge on any atom is -0.380 e. The van der Waals surface area contributed by atoms with E-state index in [1.165, 1.54) is 31.4 Å². The lowest BCUT2D eigenvalue weighted by atomic mass is 9.78. The number of nitrogens with one attached hydrogen (secondary N) is 1. The van der Waals surface area contributed by atoms with Crippen LogP contribution in [0.2, 0.25) is 5.02 Å². The van der Waals surface area contributed by atoms with Gasteiger partial charge in [-0.05, 0) is 52.7 Å². The van der Waals surface area contributed by atoms with Gasteiger partial charge in [-0.15, -0.1) is 0 Å². The fraction of sp³-hybridized carbons (Fsp3) is 0.600. The highest BCUT2D eigenvalue weighted by Gasteiger charge is 2.28. The van der Waals surface area contributed by atoms with Crippen molar-refractivity contribution in [3.63, 3.8) is 0 Å². The second kappa shape index (κ2) is 6.45. The van der Waals surface area contributed by atoms with E-state index < -0.39 is 0 Å². The summed E-state index contributed by atoms with van der Waals surface area (Å²) in [5.41, 5.74) is 0.820. The summed E-state index contributed by atoms with van der Waals surface area (Å²) in [5.74, 6) is 0.990. The van der Waals surface area contributed by atoms with Gasteiger partial charge in [0.2, 0.25) is 0 Å². The Morgan fingerprint density at radius 1 is 1.32 bits per heavy atom. The maximum absolute atomic E-state index is 13.2. The zero-order chi connectivity index (χ0) is 14.0. The second-order valence-electron chi connectivity index (χ2n) is 5.69. The molecule has 0 spiro atoms. The van der Waals surface area contributed by atoms with E-state index in [9.17, 15) is 4.39 Å². The Hall–Kier alpha value is -0.280. The fourth-order valence-electron chi connectivity index (χ4n) is 3.00. The lowest BCUT2D eigenvalue weighted by molar-refractivity contribution is 0.254. The van der Waals surface area contributed by atoms with Crippen molar-refractivity contribution in [3.8, 4) is 0 Å². The Labute approximate surface area is 128 Å². The molecule has 0 heterocycles. The van der Waals surface area contributed by atoms with Crippen LogP contribution >= 0.6 is 27.5 Å². The van der Waals surface area contributed by atoms with Gasteiger partial charge in [0.15, 0.2) is 0 Å². The molecule has 1 N–H and O–H groups in total. The van der Waals surface area contributed by atoms with E-state index in [4.69, 9.17) is 11.6 Å². The van der Waals surface area contributed by atoms with E-state index in [1.54, 1.807) is 0 Å². The molecule has 1 aromatic rings. The van der Waals surface area contributed by atoms with Gasteiger partial charge < -0.3 is 5.32 Å². The molecule has 1 saturated carbocycles. The van der Waals surface area contributed by atoms with E-state index in [0.717, 1.165) is 12.1 Å². The van der Waals surface area contributed by atoms with Crippen LogP contribution in [0.3, 0.4) is 0 Å². The number of halogens is 3. The molecule has 2 unspecified atom stereocenters. The monoisotopic (exact) mass is 347 g/mol. The highest BCUT2D eigenvalue weighted by molar-refractivity contribution is 9.10. The van der Waals surface area contributed by atoms with Crippen molar-refractivity contribution in [2.45, 2.75) is 45.6 Å². The van der Waals surface area contributed by atoms with Crippen LogP contribution < -0.4 is 5.32 Å². The molecule has 4 heteroatoms. The quantitative estimate of drug-likeness (QED) is 0.720. The average molecular weight is 349 g/mol. The maximum atomic E-state index is 13.2. The van der Waals surface area contributed by atoms with E-state index in [-0.39, 0.29) is 5.82 Å². The highest BCUT2D eigenvalue weighted by Crippen LogP contribution is 2.37. The van der Waals surface area contributed by atoms with Crippen molar-refractivity contribution >= 4 is 33.2 Å². The highest BCUT2D eigenvalue weighted by atomic mass is 79.9. The molecule has 1 nitrogen and oxygen atoms in total. The Bertz CT molecular complexity index is 427. The van der Waals surface area contributed by atoms with Crippen molar-refractivity contribution in [2.75, 3.05) is 5.32 Å². The summed E-state index contributed by atoms with van der Waals surface area (Å²) in [7, 11) is 0. The molecule has 0 aliphatic heterocycles. The number of hydrogen-bond acceptors (Lipinski definition) is 1. The van der Waals surface area contributed by atoms with Gasteiger partial charge >= 0.3 is 0 Å². The molecular weight excluding hydrogens is 329 g/mol. The third kappa shape index (κ3) is 3.63.